The monoisotopic (exact) mass is 383 g/mol. The first-order valence-corrected chi connectivity index (χ1v) is 9.59. The van der Waals surface area contributed by atoms with Crippen LogP contribution in [0.25, 0.3) is 11.1 Å². The fraction of sp³-hybridized carbons (Fsp3) is 0.208. The van der Waals surface area contributed by atoms with E-state index in [1.165, 1.54) is 4.90 Å². The molecule has 1 N–H and O–H groups in total. The topological polar surface area (TPSA) is 77.2 Å². The molecule has 0 radical (unpaired) electrons. The van der Waals surface area contributed by atoms with Crippen molar-refractivity contribution in [2.75, 3.05) is 6.61 Å². The van der Waals surface area contributed by atoms with Crippen molar-refractivity contribution in [1.82, 2.24) is 9.88 Å². The molecule has 1 aliphatic heterocycles. The molecule has 0 unspecified atom stereocenters. The summed E-state index contributed by atoms with van der Waals surface area (Å²) in [6.07, 6.45) is 3.47. The Morgan fingerprint density at radius 2 is 1.66 bits per heavy atom. The summed E-state index contributed by atoms with van der Waals surface area (Å²) < 4.78 is 0. The maximum Gasteiger partial charge on any atom is 0.228 e. The number of aliphatic hydroxyl groups is 1. The van der Waals surface area contributed by atoms with Crippen LogP contribution in [0.2, 0.25) is 0 Å². The quantitative estimate of drug-likeness (QED) is 0.734. The molecule has 2 heterocycles. The average Bonchev–Trinajstić information content (AvgIpc) is 2.75. The van der Waals surface area contributed by atoms with Crippen LogP contribution in [-0.4, -0.2) is 39.6 Å². The highest BCUT2D eigenvalue weighted by Crippen LogP contribution is 2.41. The molecule has 3 atom stereocenters. The highest BCUT2D eigenvalue weighted by atomic mass is 16.3. The molecule has 1 saturated heterocycles. The Balaban J connectivity index is 1.54. The van der Waals surface area contributed by atoms with E-state index >= 15 is 0 Å². The van der Waals surface area contributed by atoms with Gasteiger partial charge >= 0.3 is 0 Å². The molecule has 1 fully saturated rings. The maximum atomic E-state index is 12.8. The smallest absolute Gasteiger partial charge is 0.228 e. The molecule has 0 spiro atoms. The number of benzene rings is 2. The van der Waals surface area contributed by atoms with Crippen LogP contribution in [-0.2, 0) is 11.2 Å². The van der Waals surface area contributed by atoms with Gasteiger partial charge in [-0.25, -0.2) is 0 Å². The summed E-state index contributed by atoms with van der Waals surface area (Å²) in [5.74, 6) is -0.352. The number of aliphatic hydroxyl groups excluding tert-OH is 1. The molecule has 1 amide bonds. The third-order valence-corrected chi connectivity index (χ3v) is 5.53. The first-order chi connectivity index (χ1) is 14.2. The van der Waals surface area contributed by atoms with E-state index in [0.717, 1.165) is 22.3 Å². The number of nitriles is 1. The number of amides is 1. The van der Waals surface area contributed by atoms with Crippen molar-refractivity contribution < 1.29 is 9.90 Å². The minimum absolute atomic E-state index is 0.154. The second-order valence-corrected chi connectivity index (χ2v) is 7.17. The number of nitrogens with zero attached hydrogens (tertiary/aromatic N) is 3. The molecule has 1 aliphatic rings. The molecular formula is C24H21N3O2. The summed E-state index contributed by atoms with van der Waals surface area (Å²) in [6.45, 7) is -0.175. The number of hydrogen-bond donors (Lipinski definition) is 1. The molecule has 4 rings (SSSR count). The van der Waals surface area contributed by atoms with Crippen molar-refractivity contribution in [3.8, 4) is 17.2 Å². The van der Waals surface area contributed by atoms with Crippen molar-refractivity contribution in [3.05, 3.63) is 90.3 Å². The maximum absolute atomic E-state index is 12.8. The standard InChI is InChI=1S/C24H21N3O2/c25-15-21-24(20-8-6-19(7-9-20)18-4-2-1-3-5-18)22(16-28)27(21)23(29)14-17-10-12-26-13-11-17/h1-13,21-22,24,28H,14,16H2/t21-,22-,24-/m1/s1. The van der Waals surface area contributed by atoms with E-state index in [4.69, 9.17) is 0 Å². The third kappa shape index (κ3) is 3.63. The zero-order chi connectivity index (χ0) is 20.2. The second kappa shape index (κ2) is 8.26. The fourth-order valence-corrected chi connectivity index (χ4v) is 4.04. The minimum Gasteiger partial charge on any atom is -0.394 e. The normalized spacial score (nSPS) is 20.6. The van der Waals surface area contributed by atoms with Gasteiger partial charge in [-0.15, -0.1) is 0 Å². The van der Waals surface area contributed by atoms with E-state index in [1.807, 2.05) is 54.6 Å². The predicted molar refractivity (Wildman–Crippen MR) is 110 cm³/mol. The van der Waals surface area contributed by atoms with Crippen LogP contribution in [0.3, 0.4) is 0 Å². The lowest BCUT2D eigenvalue weighted by atomic mass is 9.75. The van der Waals surface area contributed by atoms with Gasteiger partial charge in [0.05, 0.1) is 25.1 Å². The molecule has 29 heavy (non-hydrogen) atoms. The van der Waals surface area contributed by atoms with E-state index in [1.54, 1.807) is 24.5 Å². The van der Waals surface area contributed by atoms with Gasteiger partial charge in [-0.2, -0.15) is 5.26 Å². The first kappa shape index (κ1) is 18.9. The summed E-state index contributed by atoms with van der Waals surface area (Å²) in [6, 6.07) is 22.9. The number of aromatic nitrogens is 1. The van der Waals surface area contributed by atoms with Gasteiger partial charge < -0.3 is 10.0 Å². The van der Waals surface area contributed by atoms with Crippen LogP contribution in [0, 0.1) is 11.3 Å². The Hall–Kier alpha value is -3.49. The van der Waals surface area contributed by atoms with Crippen molar-refractivity contribution in [1.29, 1.82) is 5.26 Å². The number of hydrogen-bond acceptors (Lipinski definition) is 4. The van der Waals surface area contributed by atoms with Gasteiger partial charge in [0.1, 0.15) is 6.04 Å². The van der Waals surface area contributed by atoms with Crippen LogP contribution in [0.1, 0.15) is 17.0 Å². The van der Waals surface area contributed by atoms with E-state index in [-0.39, 0.29) is 24.9 Å². The van der Waals surface area contributed by atoms with Crippen molar-refractivity contribution in [3.63, 3.8) is 0 Å². The molecule has 2 aromatic carbocycles. The van der Waals surface area contributed by atoms with Crippen molar-refractivity contribution in [2.45, 2.75) is 24.4 Å². The van der Waals surface area contributed by atoms with Crippen molar-refractivity contribution >= 4 is 5.91 Å². The highest BCUT2D eigenvalue weighted by Gasteiger charge is 2.51. The fourth-order valence-electron chi connectivity index (χ4n) is 4.04. The number of pyridine rings is 1. The summed E-state index contributed by atoms with van der Waals surface area (Å²) in [4.78, 5) is 18.3. The van der Waals surface area contributed by atoms with Gasteiger partial charge in [-0.3, -0.25) is 9.78 Å². The molecule has 1 aromatic heterocycles. The van der Waals surface area contributed by atoms with E-state index in [9.17, 15) is 15.2 Å². The van der Waals surface area contributed by atoms with Crippen LogP contribution in [0.5, 0.6) is 0 Å². The lowest BCUT2D eigenvalue weighted by molar-refractivity contribution is -0.146. The number of likely N-dealkylation sites (tertiary alicyclic amines) is 1. The zero-order valence-electron chi connectivity index (χ0n) is 15.8. The van der Waals surface area contributed by atoms with Gasteiger partial charge in [0.25, 0.3) is 0 Å². The van der Waals surface area contributed by atoms with Crippen LogP contribution in [0.4, 0.5) is 0 Å². The SMILES string of the molecule is N#C[C@@H]1[C@@H](c2ccc(-c3ccccc3)cc2)[C@@H](CO)N1C(=O)Cc1ccncc1. The molecule has 0 bridgehead atoms. The lowest BCUT2D eigenvalue weighted by Crippen LogP contribution is -2.65. The number of carbonyl (C=O) groups is 1. The summed E-state index contributed by atoms with van der Waals surface area (Å²) in [5.41, 5.74) is 4.02. The van der Waals surface area contributed by atoms with Crippen LogP contribution >= 0.6 is 0 Å². The molecule has 5 heteroatoms. The Morgan fingerprint density at radius 3 is 2.28 bits per heavy atom. The highest BCUT2D eigenvalue weighted by molar-refractivity contribution is 5.81. The van der Waals surface area contributed by atoms with Gasteiger partial charge in [-0.05, 0) is 34.4 Å². The Kier molecular flexibility index (Phi) is 5.37. The summed E-state index contributed by atoms with van der Waals surface area (Å²) in [5, 5.41) is 19.6. The lowest BCUT2D eigenvalue weighted by Gasteiger charge is -2.51. The summed E-state index contributed by atoms with van der Waals surface area (Å²) in [7, 11) is 0. The van der Waals surface area contributed by atoms with Gasteiger partial charge in [0.15, 0.2) is 0 Å². The third-order valence-electron chi connectivity index (χ3n) is 5.53. The Labute approximate surface area is 169 Å². The first-order valence-electron chi connectivity index (χ1n) is 9.59. The summed E-state index contributed by atoms with van der Waals surface area (Å²) >= 11 is 0. The van der Waals surface area contributed by atoms with Crippen molar-refractivity contribution in [2.24, 2.45) is 0 Å². The van der Waals surface area contributed by atoms with Gasteiger partial charge in [0, 0.05) is 18.3 Å². The van der Waals surface area contributed by atoms with E-state index in [2.05, 4.69) is 11.1 Å². The molecule has 0 aliphatic carbocycles. The molecule has 3 aromatic rings. The molecule has 144 valence electrons. The minimum atomic E-state index is -0.580. The van der Waals surface area contributed by atoms with Crippen LogP contribution < -0.4 is 0 Å². The molecule has 0 saturated carbocycles. The largest absolute Gasteiger partial charge is 0.394 e. The molecular weight excluding hydrogens is 362 g/mol. The second-order valence-electron chi connectivity index (χ2n) is 7.17. The Bertz CT molecular complexity index is 1010. The average molecular weight is 383 g/mol. The molecule has 5 nitrogen and oxygen atoms in total. The van der Waals surface area contributed by atoms with Gasteiger partial charge in [0.2, 0.25) is 5.91 Å². The Morgan fingerprint density at radius 1 is 1.00 bits per heavy atom. The zero-order valence-corrected chi connectivity index (χ0v) is 15.8. The van der Waals surface area contributed by atoms with E-state index < -0.39 is 12.1 Å². The van der Waals surface area contributed by atoms with E-state index in [0.29, 0.717) is 0 Å². The predicted octanol–water partition coefficient (Wildman–Crippen LogP) is 3.17. The number of rotatable bonds is 5. The van der Waals surface area contributed by atoms with Gasteiger partial charge in [-0.1, -0.05) is 54.6 Å². The van der Waals surface area contributed by atoms with Crippen LogP contribution in [0.15, 0.2) is 79.1 Å². The number of carbonyl (C=O) groups excluding carboxylic acids is 1.